The molecule has 1 aromatic rings. The first kappa shape index (κ1) is 11.0. The molecule has 0 spiro atoms. The Morgan fingerprint density at radius 1 is 1.15 bits per heavy atom. The van der Waals surface area contributed by atoms with Crippen LogP contribution in [0, 0.1) is 0 Å². The normalized spacial score (nSPS) is 13.4. The van der Waals surface area contributed by atoms with Gasteiger partial charge in [-0.15, -0.1) is 5.10 Å². The van der Waals surface area contributed by atoms with Crippen LogP contribution in [-0.4, -0.2) is 20.2 Å². The molecule has 0 unspecified atom stereocenters. The predicted octanol–water partition coefficient (Wildman–Crippen LogP) is 2.25. The quantitative estimate of drug-likeness (QED) is 0.657. The SMILES string of the molecule is CC(C)(C)n1nnnc1C(Cl)(Cl)Cl. The highest BCUT2D eigenvalue weighted by Crippen LogP contribution is 2.37. The van der Waals surface area contributed by atoms with Gasteiger partial charge in [0, 0.05) is 0 Å². The van der Waals surface area contributed by atoms with Crippen molar-refractivity contribution in [2.45, 2.75) is 30.1 Å². The number of hydrogen-bond donors (Lipinski definition) is 0. The van der Waals surface area contributed by atoms with E-state index in [9.17, 15) is 0 Å². The van der Waals surface area contributed by atoms with E-state index in [1.165, 1.54) is 4.68 Å². The lowest BCUT2D eigenvalue weighted by Gasteiger charge is -2.22. The van der Waals surface area contributed by atoms with Crippen molar-refractivity contribution in [2.24, 2.45) is 0 Å². The van der Waals surface area contributed by atoms with Crippen molar-refractivity contribution < 1.29 is 0 Å². The Morgan fingerprint density at radius 3 is 2.00 bits per heavy atom. The fourth-order valence-electron chi connectivity index (χ4n) is 0.816. The van der Waals surface area contributed by atoms with Gasteiger partial charge in [-0.3, -0.25) is 0 Å². The number of tetrazole rings is 1. The van der Waals surface area contributed by atoms with Crippen LogP contribution < -0.4 is 0 Å². The van der Waals surface area contributed by atoms with E-state index in [1.54, 1.807) is 0 Å². The highest BCUT2D eigenvalue weighted by molar-refractivity contribution is 6.66. The van der Waals surface area contributed by atoms with Crippen molar-refractivity contribution in [3.05, 3.63) is 5.82 Å². The fraction of sp³-hybridized carbons (Fsp3) is 0.833. The van der Waals surface area contributed by atoms with Crippen LogP contribution in [0.3, 0.4) is 0 Å². The summed E-state index contributed by atoms with van der Waals surface area (Å²) >= 11 is 17.0. The minimum absolute atomic E-state index is 0.227. The van der Waals surface area contributed by atoms with Crippen molar-refractivity contribution in [3.63, 3.8) is 0 Å². The molecule has 0 aliphatic rings. The van der Waals surface area contributed by atoms with Gasteiger partial charge >= 0.3 is 0 Å². The maximum absolute atomic E-state index is 5.68. The summed E-state index contributed by atoms with van der Waals surface area (Å²) in [5.41, 5.74) is -0.303. The molecule has 0 aromatic carbocycles. The lowest BCUT2D eigenvalue weighted by Crippen LogP contribution is -2.28. The molecular formula is C6H9Cl3N4. The largest absolute Gasteiger partial charge is 0.251 e. The second-order valence-corrected chi connectivity index (χ2v) is 5.86. The third-order valence-corrected chi connectivity index (χ3v) is 1.87. The fourth-order valence-corrected chi connectivity index (χ4v) is 1.17. The summed E-state index contributed by atoms with van der Waals surface area (Å²) in [5.74, 6) is 0.227. The first-order valence-corrected chi connectivity index (χ1v) is 4.72. The number of halogens is 3. The molecule has 74 valence electrons. The van der Waals surface area contributed by atoms with Gasteiger partial charge in [-0.25, -0.2) is 4.68 Å². The Kier molecular flexibility index (Phi) is 2.76. The third-order valence-electron chi connectivity index (χ3n) is 1.36. The maximum atomic E-state index is 5.68. The van der Waals surface area contributed by atoms with Gasteiger partial charge in [0.1, 0.15) is 0 Å². The van der Waals surface area contributed by atoms with E-state index < -0.39 is 3.79 Å². The Bertz CT molecular complexity index is 267. The molecule has 0 aliphatic carbocycles. The summed E-state index contributed by atoms with van der Waals surface area (Å²) in [6.07, 6.45) is 0. The molecule has 0 bridgehead atoms. The van der Waals surface area contributed by atoms with Gasteiger partial charge in [0.05, 0.1) is 5.54 Å². The molecule has 0 N–H and O–H groups in total. The van der Waals surface area contributed by atoms with E-state index >= 15 is 0 Å². The van der Waals surface area contributed by atoms with Crippen LogP contribution in [0.4, 0.5) is 0 Å². The highest BCUT2D eigenvalue weighted by Gasteiger charge is 2.33. The second kappa shape index (κ2) is 3.26. The zero-order chi connectivity index (χ0) is 10.3. The van der Waals surface area contributed by atoms with Crippen molar-refractivity contribution in [1.29, 1.82) is 0 Å². The van der Waals surface area contributed by atoms with Crippen LogP contribution in [0.15, 0.2) is 0 Å². The van der Waals surface area contributed by atoms with E-state index in [-0.39, 0.29) is 11.4 Å². The lowest BCUT2D eigenvalue weighted by atomic mass is 10.1. The predicted molar refractivity (Wildman–Crippen MR) is 52.1 cm³/mol. The number of hydrogen-bond acceptors (Lipinski definition) is 3. The van der Waals surface area contributed by atoms with Crippen molar-refractivity contribution in [3.8, 4) is 0 Å². The minimum Gasteiger partial charge on any atom is -0.220 e. The molecule has 4 nitrogen and oxygen atoms in total. The van der Waals surface area contributed by atoms with Crippen LogP contribution in [0.25, 0.3) is 0 Å². The van der Waals surface area contributed by atoms with E-state index in [0.717, 1.165) is 0 Å². The van der Waals surface area contributed by atoms with Gasteiger partial charge in [-0.05, 0) is 31.2 Å². The van der Waals surface area contributed by atoms with Gasteiger partial charge in [0.2, 0.25) is 5.82 Å². The van der Waals surface area contributed by atoms with Gasteiger partial charge in [0.25, 0.3) is 3.79 Å². The first-order chi connectivity index (χ1) is 5.73. The summed E-state index contributed by atoms with van der Waals surface area (Å²) < 4.78 is -0.100. The molecule has 7 heteroatoms. The van der Waals surface area contributed by atoms with E-state index in [1.807, 2.05) is 20.8 Å². The Morgan fingerprint density at radius 2 is 1.69 bits per heavy atom. The Labute approximate surface area is 91.1 Å². The van der Waals surface area contributed by atoms with E-state index in [4.69, 9.17) is 34.8 Å². The summed E-state index contributed by atoms with van der Waals surface area (Å²) in [5, 5.41) is 10.9. The molecule has 0 saturated heterocycles. The monoisotopic (exact) mass is 242 g/mol. The van der Waals surface area contributed by atoms with Crippen LogP contribution in [-0.2, 0) is 9.33 Å². The van der Waals surface area contributed by atoms with Crippen LogP contribution >= 0.6 is 34.8 Å². The molecular weight excluding hydrogens is 234 g/mol. The average molecular weight is 244 g/mol. The van der Waals surface area contributed by atoms with Crippen LogP contribution in [0.2, 0.25) is 0 Å². The zero-order valence-corrected chi connectivity index (χ0v) is 9.69. The molecule has 1 rings (SSSR count). The highest BCUT2D eigenvalue weighted by atomic mass is 35.6. The van der Waals surface area contributed by atoms with Crippen molar-refractivity contribution in [2.75, 3.05) is 0 Å². The average Bonchev–Trinajstić information content (AvgIpc) is 2.27. The minimum atomic E-state index is -1.59. The summed E-state index contributed by atoms with van der Waals surface area (Å²) in [7, 11) is 0. The molecule has 0 aliphatic heterocycles. The molecule has 0 atom stereocenters. The molecule has 1 heterocycles. The van der Waals surface area contributed by atoms with Crippen molar-refractivity contribution in [1.82, 2.24) is 20.2 Å². The third kappa shape index (κ3) is 2.45. The topological polar surface area (TPSA) is 43.6 Å². The smallest absolute Gasteiger partial charge is 0.220 e. The molecule has 0 fully saturated rings. The maximum Gasteiger partial charge on any atom is 0.251 e. The number of alkyl halides is 3. The van der Waals surface area contributed by atoms with Gasteiger partial charge in [0.15, 0.2) is 0 Å². The van der Waals surface area contributed by atoms with Crippen molar-refractivity contribution >= 4 is 34.8 Å². The van der Waals surface area contributed by atoms with E-state index in [0.29, 0.717) is 0 Å². The Balaban J connectivity index is 3.19. The molecule has 0 amide bonds. The summed E-state index contributed by atoms with van der Waals surface area (Å²) in [6, 6.07) is 0. The number of rotatable bonds is 0. The second-order valence-electron chi connectivity index (χ2n) is 3.58. The summed E-state index contributed by atoms with van der Waals surface area (Å²) in [6.45, 7) is 5.76. The molecule has 13 heavy (non-hydrogen) atoms. The Hall–Kier alpha value is -0.0600. The standard InChI is InChI=1S/C6H9Cl3N4/c1-5(2,3)13-4(6(7,8)9)10-11-12-13/h1-3H3. The van der Waals surface area contributed by atoms with Gasteiger partial charge in [-0.2, -0.15) is 0 Å². The molecule has 1 aromatic heterocycles. The molecule has 0 saturated carbocycles. The van der Waals surface area contributed by atoms with Gasteiger partial charge < -0.3 is 0 Å². The van der Waals surface area contributed by atoms with Gasteiger partial charge in [-0.1, -0.05) is 34.8 Å². The van der Waals surface area contributed by atoms with Crippen LogP contribution in [0.1, 0.15) is 26.6 Å². The number of nitrogens with zero attached hydrogens (tertiary/aromatic N) is 4. The lowest BCUT2D eigenvalue weighted by molar-refractivity contribution is 0.336. The van der Waals surface area contributed by atoms with E-state index in [2.05, 4.69) is 15.5 Å². The number of aromatic nitrogens is 4. The van der Waals surface area contributed by atoms with Crippen LogP contribution in [0.5, 0.6) is 0 Å². The zero-order valence-electron chi connectivity index (χ0n) is 7.42. The summed E-state index contributed by atoms with van der Waals surface area (Å²) in [4.78, 5) is 0. The molecule has 0 radical (unpaired) electrons. The first-order valence-electron chi connectivity index (χ1n) is 3.59.